The van der Waals surface area contributed by atoms with Crippen molar-refractivity contribution < 1.29 is 4.74 Å². The van der Waals surface area contributed by atoms with Crippen LogP contribution in [0.2, 0.25) is 5.02 Å². The first-order valence-corrected chi connectivity index (χ1v) is 8.80. The lowest BCUT2D eigenvalue weighted by Crippen LogP contribution is -2.42. The molecule has 0 bridgehead atoms. The molecule has 0 saturated heterocycles. The third-order valence-corrected chi connectivity index (χ3v) is 3.80. The highest BCUT2D eigenvalue weighted by Gasteiger charge is 2.06. The summed E-state index contributed by atoms with van der Waals surface area (Å²) in [6.07, 6.45) is 4.89. The number of rotatable bonds is 8. The molecule has 0 aliphatic carbocycles. The van der Waals surface area contributed by atoms with E-state index in [-0.39, 0.29) is 6.10 Å². The number of hydrogen-bond donors (Lipinski definition) is 2. The summed E-state index contributed by atoms with van der Waals surface area (Å²) in [5, 5.41) is 11.5. The molecular weight excluding hydrogens is 338 g/mol. The van der Waals surface area contributed by atoms with Gasteiger partial charge in [-0.05, 0) is 50.1 Å². The molecule has 2 N–H and O–H groups in total. The van der Waals surface area contributed by atoms with Gasteiger partial charge in [0.25, 0.3) is 0 Å². The summed E-state index contributed by atoms with van der Waals surface area (Å²) >= 11 is 5.87. The first kappa shape index (κ1) is 19.1. The minimum atomic E-state index is 0.00627. The van der Waals surface area contributed by atoms with E-state index in [0.717, 1.165) is 31.2 Å². The summed E-state index contributed by atoms with van der Waals surface area (Å²) in [4.78, 5) is 4.23. The van der Waals surface area contributed by atoms with Gasteiger partial charge in [-0.1, -0.05) is 11.6 Å². The lowest BCUT2D eigenvalue weighted by Gasteiger charge is -2.17. The van der Waals surface area contributed by atoms with Gasteiger partial charge in [0.05, 0.1) is 12.7 Å². The fourth-order valence-electron chi connectivity index (χ4n) is 2.29. The Morgan fingerprint density at radius 3 is 2.72 bits per heavy atom. The molecule has 0 aliphatic rings. The molecule has 2 rings (SSSR count). The molecule has 136 valence electrons. The predicted octanol–water partition coefficient (Wildman–Crippen LogP) is 2.87. The number of aryl methyl sites for hydroxylation is 2. The molecule has 0 amide bonds. The number of nitrogens with zero attached hydrogens (tertiary/aromatic N) is 3. The molecule has 0 spiro atoms. The smallest absolute Gasteiger partial charge is 0.191 e. The standard InChI is InChI=1S/C18H26ClN5O/c1-14-11-23-24(13-14)10-4-9-21-18(20-3)22-12-15(2)25-17-7-5-16(19)6-8-17/h5-8,11,13,15H,4,9-10,12H2,1-3H3,(H2,20,21,22). The Kier molecular flexibility index (Phi) is 7.60. The minimum Gasteiger partial charge on any atom is -0.489 e. The number of ether oxygens (including phenoxy) is 1. The van der Waals surface area contributed by atoms with E-state index in [4.69, 9.17) is 16.3 Å². The topological polar surface area (TPSA) is 63.5 Å². The molecule has 0 fully saturated rings. The molecule has 0 radical (unpaired) electrons. The van der Waals surface area contributed by atoms with Gasteiger partial charge in [0.2, 0.25) is 0 Å². The van der Waals surface area contributed by atoms with Crippen molar-refractivity contribution in [3.63, 3.8) is 0 Å². The van der Waals surface area contributed by atoms with Crippen molar-refractivity contribution >= 4 is 17.6 Å². The highest BCUT2D eigenvalue weighted by Crippen LogP contribution is 2.16. The Hall–Kier alpha value is -2.21. The van der Waals surface area contributed by atoms with E-state index in [9.17, 15) is 0 Å². The van der Waals surface area contributed by atoms with Gasteiger partial charge in [0.1, 0.15) is 11.9 Å². The van der Waals surface area contributed by atoms with Crippen LogP contribution in [-0.2, 0) is 6.54 Å². The zero-order valence-corrected chi connectivity index (χ0v) is 15.8. The van der Waals surface area contributed by atoms with Gasteiger partial charge in [0, 0.05) is 31.4 Å². The maximum Gasteiger partial charge on any atom is 0.191 e. The van der Waals surface area contributed by atoms with Gasteiger partial charge in [-0.3, -0.25) is 9.67 Å². The first-order chi connectivity index (χ1) is 12.1. The Bertz CT molecular complexity index is 668. The normalized spacial score (nSPS) is 12.7. The van der Waals surface area contributed by atoms with E-state index in [1.54, 1.807) is 7.05 Å². The summed E-state index contributed by atoms with van der Waals surface area (Å²) in [7, 11) is 1.76. The molecule has 2 aromatic rings. The van der Waals surface area contributed by atoms with Crippen molar-refractivity contribution in [2.75, 3.05) is 20.1 Å². The van der Waals surface area contributed by atoms with Crippen molar-refractivity contribution in [2.24, 2.45) is 4.99 Å². The molecule has 7 heteroatoms. The van der Waals surface area contributed by atoms with Crippen LogP contribution in [0.25, 0.3) is 0 Å². The van der Waals surface area contributed by atoms with Crippen LogP contribution in [-0.4, -0.2) is 42.0 Å². The van der Waals surface area contributed by atoms with Crippen LogP contribution in [0, 0.1) is 6.92 Å². The number of guanidine groups is 1. The van der Waals surface area contributed by atoms with Gasteiger partial charge in [0.15, 0.2) is 5.96 Å². The number of aromatic nitrogens is 2. The summed E-state index contributed by atoms with van der Waals surface area (Å²) in [6, 6.07) is 7.36. The number of aliphatic imine (C=N–C) groups is 1. The van der Waals surface area contributed by atoms with E-state index in [0.29, 0.717) is 11.6 Å². The average Bonchev–Trinajstić information content (AvgIpc) is 3.01. The van der Waals surface area contributed by atoms with E-state index in [1.807, 2.05) is 55.2 Å². The second-order valence-electron chi connectivity index (χ2n) is 5.90. The SMILES string of the molecule is CN=C(NCCCn1cc(C)cn1)NCC(C)Oc1ccc(Cl)cc1. The van der Waals surface area contributed by atoms with Crippen LogP contribution < -0.4 is 15.4 Å². The van der Waals surface area contributed by atoms with Gasteiger partial charge >= 0.3 is 0 Å². The minimum absolute atomic E-state index is 0.00627. The van der Waals surface area contributed by atoms with Crippen molar-refractivity contribution in [3.8, 4) is 5.75 Å². The Labute approximate surface area is 154 Å². The number of halogens is 1. The number of nitrogens with one attached hydrogen (secondary N) is 2. The summed E-state index contributed by atoms with van der Waals surface area (Å²) in [5.74, 6) is 1.57. The molecule has 1 atom stereocenters. The summed E-state index contributed by atoms with van der Waals surface area (Å²) in [5.41, 5.74) is 1.18. The third kappa shape index (κ3) is 7.05. The van der Waals surface area contributed by atoms with Crippen LogP contribution in [0.15, 0.2) is 41.7 Å². The maximum absolute atomic E-state index is 5.87. The van der Waals surface area contributed by atoms with Crippen LogP contribution >= 0.6 is 11.6 Å². The second kappa shape index (κ2) is 9.93. The fourth-order valence-corrected chi connectivity index (χ4v) is 2.41. The van der Waals surface area contributed by atoms with Crippen LogP contribution in [0.1, 0.15) is 18.9 Å². The van der Waals surface area contributed by atoms with Gasteiger partial charge in [-0.2, -0.15) is 5.10 Å². The molecular formula is C18H26ClN5O. The number of hydrogen-bond acceptors (Lipinski definition) is 3. The van der Waals surface area contributed by atoms with Crippen molar-refractivity contribution in [1.29, 1.82) is 0 Å². The van der Waals surface area contributed by atoms with Gasteiger partial charge in [-0.15, -0.1) is 0 Å². The average molecular weight is 364 g/mol. The van der Waals surface area contributed by atoms with Crippen LogP contribution in [0.4, 0.5) is 0 Å². The highest BCUT2D eigenvalue weighted by molar-refractivity contribution is 6.30. The summed E-state index contributed by atoms with van der Waals surface area (Å²) in [6.45, 7) is 6.41. The molecule has 1 aromatic carbocycles. The maximum atomic E-state index is 5.87. The van der Waals surface area contributed by atoms with Gasteiger partial charge in [-0.25, -0.2) is 0 Å². The second-order valence-corrected chi connectivity index (χ2v) is 6.33. The Morgan fingerprint density at radius 2 is 2.08 bits per heavy atom. The molecule has 1 heterocycles. The van der Waals surface area contributed by atoms with Crippen LogP contribution in [0.5, 0.6) is 5.75 Å². The predicted molar refractivity (Wildman–Crippen MR) is 102 cm³/mol. The van der Waals surface area contributed by atoms with E-state index in [2.05, 4.69) is 20.7 Å². The van der Waals surface area contributed by atoms with Crippen molar-refractivity contribution in [3.05, 3.63) is 47.2 Å². The quantitative estimate of drug-likeness (QED) is 0.430. The molecule has 0 aliphatic heterocycles. The lowest BCUT2D eigenvalue weighted by atomic mass is 10.3. The van der Waals surface area contributed by atoms with E-state index < -0.39 is 0 Å². The summed E-state index contributed by atoms with van der Waals surface area (Å²) < 4.78 is 7.79. The highest BCUT2D eigenvalue weighted by atomic mass is 35.5. The first-order valence-electron chi connectivity index (χ1n) is 8.42. The molecule has 1 aromatic heterocycles. The van der Waals surface area contributed by atoms with E-state index in [1.165, 1.54) is 5.56 Å². The molecule has 1 unspecified atom stereocenters. The van der Waals surface area contributed by atoms with Crippen molar-refractivity contribution in [2.45, 2.75) is 32.9 Å². The zero-order valence-electron chi connectivity index (χ0n) is 15.0. The number of benzene rings is 1. The fraction of sp³-hybridized carbons (Fsp3) is 0.444. The molecule has 6 nitrogen and oxygen atoms in total. The Balaban J connectivity index is 1.64. The van der Waals surface area contributed by atoms with E-state index >= 15 is 0 Å². The lowest BCUT2D eigenvalue weighted by molar-refractivity contribution is 0.224. The van der Waals surface area contributed by atoms with Crippen LogP contribution in [0.3, 0.4) is 0 Å². The van der Waals surface area contributed by atoms with Gasteiger partial charge < -0.3 is 15.4 Å². The third-order valence-electron chi connectivity index (χ3n) is 3.55. The zero-order chi connectivity index (χ0) is 18.1. The molecule has 25 heavy (non-hydrogen) atoms. The monoisotopic (exact) mass is 363 g/mol. The largest absolute Gasteiger partial charge is 0.489 e. The molecule has 0 saturated carbocycles. The Morgan fingerprint density at radius 1 is 1.32 bits per heavy atom. The van der Waals surface area contributed by atoms with Crippen molar-refractivity contribution in [1.82, 2.24) is 20.4 Å².